The predicted molar refractivity (Wildman–Crippen MR) is 124 cm³/mol. The van der Waals surface area contributed by atoms with Gasteiger partial charge >= 0.3 is 0 Å². The highest BCUT2D eigenvalue weighted by molar-refractivity contribution is 5.85. The van der Waals surface area contributed by atoms with Crippen molar-refractivity contribution in [2.75, 3.05) is 20.2 Å². The van der Waals surface area contributed by atoms with Crippen LogP contribution in [0.25, 0.3) is 0 Å². The number of aliphatic hydroxyl groups is 1. The third kappa shape index (κ3) is 2.18. The lowest BCUT2D eigenvalue weighted by atomic mass is 9.36. The number of benzene rings is 1. The SMILES string of the molecule is CO[C@]12C=C[C@@]3(C[C@@H]1C(C)(C)O)[C@H]1Cc4ccc(O)c5c4[C@@]3(CCN1CC1CC1)[C@H]2O5.Cl. The van der Waals surface area contributed by atoms with Gasteiger partial charge in [-0.05, 0) is 70.0 Å². The summed E-state index contributed by atoms with van der Waals surface area (Å²) in [7, 11) is 1.76. The van der Waals surface area contributed by atoms with Crippen LogP contribution in [0.4, 0.5) is 0 Å². The summed E-state index contributed by atoms with van der Waals surface area (Å²) in [5.74, 6) is 1.68. The summed E-state index contributed by atoms with van der Waals surface area (Å²) in [5.41, 5.74) is 0.654. The Morgan fingerprint density at radius 2 is 2.03 bits per heavy atom. The maximum absolute atomic E-state index is 11.3. The second-order valence-electron chi connectivity index (χ2n) is 11.7. The Hall–Kier alpha value is -1.27. The van der Waals surface area contributed by atoms with E-state index < -0.39 is 11.2 Å². The summed E-state index contributed by atoms with van der Waals surface area (Å²) in [6, 6.07) is 4.33. The molecule has 2 saturated carbocycles. The molecule has 32 heavy (non-hydrogen) atoms. The number of methoxy groups -OCH3 is 1. The van der Waals surface area contributed by atoms with Gasteiger partial charge in [-0.1, -0.05) is 18.2 Å². The Bertz CT molecular complexity index is 1020. The monoisotopic (exact) mass is 459 g/mol. The van der Waals surface area contributed by atoms with Gasteiger partial charge in [-0.2, -0.15) is 0 Å². The number of rotatable bonds is 4. The van der Waals surface area contributed by atoms with E-state index in [9.17, 15) is 10.2 Å². The Balaban J connectivity index is 0.00000196. The average molecular weight is 460 g/mol. The summed E-state index contributed by atoms with van der Waals surface area (Å²) in [4.78, 5) is 2.75. The Kier molecular flexibility index (Phi) is 4.15. The van der Waals surface area contributed by atoms with Gasteiger partial charge in [0.05, 0.1) is 11.0 Å². The Morgan fingerprint density at radius 3 is 2.72 bits per heavy atom. The molecule has 2 spiro atoms. The van der Waals surface area contributed by atoms with Crippen LogP contribution in [0, 0.1) is 17.3 Å². The zero-order valence-corrected chi connectivity index (χ0v) is 20.0. The minimum absolute atomic E-state index is 0. The largest absolute Gasteiger partial charge is 0.504 e. The summed E-state index contributed by atoms with van der Waals surface area (Å²) < 4.78 is 13.1. The van der Waals surface area contributed by atoms with E-state index in [1.54, 1.807) is 7.11 Å². The van der Waals surface area contributed by atoms with Crippen molar-refractivity contribution < 1.29 is 19.7 Å². The van der Waals surface area contributed by atoms with Crippen molar-refractivity contribution in [3.63, 3.8) is 0 Å². The number of nitrogens with zero attached hydrogens (tertiary/aromatic N) is 1. The molecule has 0 aromatic heterocycles. The molecule has 1 aromatic carbocycles. The van der Waals surface area contributed by atoms with E-state index in [0.717, 1.165) is 31.7 Å². The van der Waals surface area contributed by atoms with Gasteiger partial charge in [0.2, 0.25) is 0 Å². The first-order valence-corrected chi connectivity index (χ1v) is 12.0. The number of phenolic OH excluding ortho intramolecular Hbond substituents is 1. The molecule has 0 amide bonds. The van der Waals surface area contributed by atoms with Gasteiger partial charge in [0.15, 0.2) is 11.5 Å². The zero-order chi connectivity index (χ0) is 21.4. The highest BCUT2D eigenvalue weighted by Gasteiger charge is 2.80. The summed E-state index contributed by atoms with van der Waals surface area (Å²) in [6.45, 7) is 6.09. The molecule has 1 saturated heterocycles. The molecule has 5 nitrogen and oxygen atoms in total. The first-order valence-electron chi connectivity index (χ1n) is 12.0. The van der Waals surface area contributed by atoms with Crippen molar-refractivity contribution in [3.8, 4) is 11.5 Å². The molecule has 6 atom stereocenters. The summed E-state index contributed by atoms with van der Waals surface area (Å²) in [6.07, 6.45) is 10.0. The van der Waals surface area contributed by atoms with Gasteiger partial charge in [-0.15, -0.1) is 12.4 Å². The van der Waals surface area contributed by atoms with E-state index >= 15 is 0 Å². The lowest BCUT2D eigenvalue weighted by Crippen LogP contribution is -2.80. The van der Waals surface area contributed by atoms with Gasteiger partial charge in [-0.3, -0.25) is 4.90 Å². The molecule has 3 fully saturated rings. The molecule has 1 aromatic rings. The minimum Gasteiger partial charge on any atom is -0.504 e. The van der Waals surface area contributed by atoms with Crippen molar-refractivity contribution in [1.29, 1.82) is 0 Å². The number of ether oxygens (including phenoxy) is 2. The van der Waals surface area contributed by atoms with Gasteiger partial charge in [0, 0.05) is 36.6 Å². The number of hydrogen-bond donors (Lipinski definition) is 2. The fourth-order valence-electron chi connectivity index (χ4n) is 8.58. The first-order chi connectivity index (χ1) is 14.8. The number of phenols is 1. The molecular weight excluding hydrogens is 426 g/mol. The van der Waals surface area contributed by atoms with Crippen LogP contribution >= 0.6 is 12.4 Å². The number of hydrogen-bond acceptors (Lipinski definition) is 5. The van der Waals surface area contributed by atoms with E-state index in [1.165, 1.54) is 30.5 Å². The van der Waals surface area contributed by atoms with Gasteiger partial charge in [-0.25, -0.2) is 0 Å². The molecule has 0 radical (unpaired) electrons. The molecule has 5 aliphatic carbocycles. The molecule has 2 heterocycles. The van der Waals surface area contributed by atoms with E-state index in [0.29, 0.717) is 11.8 Å². The van der Waals surface area contributed by atoms with Crippen molar-refractivity contribution >= 4 is 12.4 Å². The van der Waals surface area contributed by atoms with Crippen molar-refractivity contribution in [3.05, 3.63) is 35.4 Å². The number of aromatic hydroxyl groups is 1. The second-order valence-corrected chi connectivity index (χ2v) is 11.7. The fraction of sp³-hybridized carbons (Fsp3) is 0.692. The minimum atomic E-state index is -0.897. The van der Waals surface area contributed by atoms with Crippen LogP contribution in [0.5, 0.6) is 11.5 Å². The molecule has 6 heteroatoms. The topological polar surface area (TPSA) is 62.2 Å². The number of fused-ring (bicyclic) bond motifs is 1. The van der Waals surface area contributed by atoms with E-state index in [1.807, 2.05) is 19.9 Å². The molecule has 174 valence electrons. The van der Waals surface area contributed by atoms with Crippen molar-refractivity contribution in [2.24, 2.45) is 17.3 Å². The Morgan fingerprint density at radius 1 is 1.25 bits per heavy atom. The van der Waals surface area contributed by atoms with Gasteiger partial charge in [0.1, 0.15) is 11.7 Å². The fourth-order valence-corrected chi connectivity index (χ4v) is 8.58. The lowest BCUT2D eigenvalue weighted by Gasteiger charge is -2.72. The van der Waals surface area contributed by atoms with Crippen LogP contribution < -0.4 is 4.74 Å². The average Bonchev–Trinajstić information content (AvgIpc) is 3.47. The highest BCUT2D eigenvalue weighted by Crippen LogP contribution is 2.75. The lowest BCUT2D eigenvalue weighted by molar-refractivity contribution is -0.245. The van der Waals surface area contributed by atoms with Crippen molar-refractivity contribution in [1.82, 2.24) is 4.90 Å². The maximum atomic E-state index is 11.3. The van der Waals surface area contributed by atoms with Crippen molar-refractivity contribution in [2.45, 2.75) is 74.7 Å². The third-order valence-corrected chi connectivity index (χ3v) is 9.96. The molecule has 7 aliphatic rings. The standard InChI is InChI=1S/C26H33NO4.ClH/c1-23(2,29)18-13-24-8-9-26(18,30-3)22-25(24)10-11-27(14-15-4-5-15)19(24)12-16-6-7-17(28)21(31-22)20(16)25;/h6-9,15,18-19,22,28-29H,4-5,10-14H2,1-3H3;1H/t18-,19-,22-,24-,25+,26-;/m1./s1. The first kappa shape index (κ1) is 21.3. The van der Waals surface area contributed by atoms with Gasteiger partial charge in [0.25, 0.3) is 0 Å². The molecule has 0 unspecified atom stereocenters. The van der Waals surface area contributed by atoms with E-state index in [2.05, 4.69) is 23.1 Å². The molecule has 2 aliphatic heterocycles. The normalized spacial score (nSPS) is 42.9. The number of halogens is 1. The van der Waals surface area contributed by atoms with Crippen LogP contribution in [0.15, 0.2) is 24.3 Å². The second kappa shape index (κ2) is 6.24. The van der Waals surface area contributed by atoms with Crippen LogP contribution in [-0.2, 0) is 16.6 Å². The van der Waals surface area contributed by atoms with Gasteiger partial charge < -0.3 is 19.7 Å². The highest BCUT2D eigenvalue weighted by atomic mass is 35.5. The zero-order valence-electron chi connectivity index (χ0n) is 19.1. The summed E-state index contributed by atoms with van der Waals surface area (Å²) >= 11 is 0. The molecule has 2 N–H and O–H groups in total. The van der Waals surface area contributed by atoms with Crippen LogP contribution in [0.3, 0.4) is 0 Å². The van der Waals surface area contributed by atoms with E-state index in [4.69, 9.17) is 9.47 Å². The predicted octanol–water partition coefficient (Wildman–Crippen LogP) is 3.59. The smallest absolute Gasteiger partial charge is 0.165 e. The quantitative estimate of drug-likeness (QED) is 0.674. The summed E-state index contributed by atoms with van der Waals surface area (Å²) in [5, 5.41) is 22.1. The maximum Gasteiger partial charge on any atom is 0.165 e. The number of piperidine rings is 1. The van der Waals surface area contributed by atoms with Crippen LogP contribution in [0.1, 0.15) is 50.7 Å². The third-order valence-electron chi connectivity index (χ3n) is 9.96. The number of likely N-dealkylation sites (tertiary alicyclic amines) is 1. The molecular formula is C26H34ClNO4. The van der Waals surface area contributed by atoms with Crippen LogP contribution in [0.2, 0.25) is 0 Å². The Labute approximate surface area is 196 Å². The van der Waals surface area contributed by atoms with Crippen LogP contribution in [-0.4, -0.2) is 58.7 Å². The molecule has 4 bridgehead atoms. The molecule has 8 rings (SSSR count). The van der Waals surface area contributed by atoms with E-state index in [-0.39, 0.29) is 41.0 Å².